The highest BCUT2D eigenvalue weighted by atomic mass is 35.5. The molecule has 1 saturated heterocycles. The number of amides is 1. The number of piperazine rings is 1. The van der Waals surface area contributed by atoms with Gasteiger partial charge in [-0.05, 0) is 31.2 Å². The van der Waals surface area contributed by atoms with Crippen LogP contribution in [0.5, 0.6) is 5.75 Å². The number of nitro benzene ring substituents is 1. The maximum Gasteiger partial charge on any atom is 0.312 e. The van der Waals surface area contributed by atoms with Gasteiger partial charge < -0.3 is 10.1 Å². The van der Waals surface area contributed by atoms with Crippen molar-refractivity contribution in [1.29, 1.82) is 0 Å². The van der Waals surface area contributed by atoms with Crippen molar-refractivity contribution in [3.63, 3.8) is 0 Å². The normalized spacial score (nSPS) is 16.3. The second kappa shape index (κ2) is 9.82. The van der Waals surface area contributed by atoms with Crippen molar-refractivity contribution in [2.45, 2.75) is 17.9 Å². The van der Waals surface area contributed by atoms with E-state index in [4.69, 9.17) is 16.3 Å². The van der Waals surface area contributed by atoms with Crippen LogP contribution in [-0.2, 0) is 14.8 Å². The van der Waals surface area contributed by atoms with Crippen LogP contribution in [0.25, 0.3) is 0 Å². The van der Waals surface area contributed by atoms with Crippen LogP contribution in [0.4, 0.5) is 11.4 Å². The summed E-state index contributed by atoms with van der Waals surface area (Å²) in [5.41, 5.74) is 0.0883. The number of carbonyl (C=O) groups is 1. The average Bonchev–Trinajstić information content (AvgIpc) is 2.79. The third-order valence-electron chi connectivity index (χ3n) is 5.32. The van der Waals surface area contributed by atoms with Crippen LogP contribution in [0, 0.1) is 10.1 Å². The minimum atomic E-state index is -3.94. The molecule has 172 valence electrons. The number of nitro groups is 1. The third kappa shape index (κ3) is 5.01. The number of methoxy groups -OCH3 is 1. The number of halogens is 1. The number of hydrogen-bond donors (Lipinski definition) is 1. The molecule has 1 amide bonds. The summed E-state index contributed by atoms with van der Waals surface area (Å²) < 4.78 is 32.2. The average molecular weight is 483 g/mol. The monoisotopic (exact) mass is 482 g/mol. The summed E-state index contributed by atoms with van der Waals surface area (Å²) in [6, 6.07) is 9.95. The number of hydrogen-bond acceptors (Lipinski definition) is 7. The van der Waals surface area contributed by atoms with Gasteiger partial charge in [0.25, 0.3) is 0 Å². The number of ether oxygens (including phenoxy) is 1. The summed E-state index contributed by atoms with van der Waals surface area (Å²) in [5, 5.41) is 14.4. The van der Waals surface area contributed by atoms with E-state index in [2.05, 4.69) is 5.32 Å². The number of rotatable bonds is 7. The maximum atomic E-state index is 13.0. The third-order valence-corrected chi connectivity index (χ3v) is 7.54. The predicted octanol–water partition coefficient (Wildman–Crippen LogP) is 2.59. The Kier molecular flexibility index (Phi) is 7.34. The molecule has 1 aliphatic rings. The summed E-state index contributed by atoms with van der Waals surface area (Å²) >= 11 is 6.08. The molecule has 0 bridgehead atoms. The Balaban J connectivity index is 1.67. The van der Waals surface area contributed by atoms with Crippen LogP contribution in [0.3, 0.4) is 0 Å². The molecule has 2 aromatic rings. The molecule has 10 nitrogen and oxygen atoms in total. The fraction of sp³-hybridized carbons (Fsp3) is 0.350. The first-order valence-electron chi connectivity index (χ1n) is 9.77. The maximum absolute atomic E-state index is 13.0. The van der Waals surface area contributed by atoms with Crippen molar-refractivity contribution < 1.29 is 22.9 Å². The van der Waals surface area contributed by atoms with Gasteiger partial charge in [0.15, 0.2) is 5.75 Å². The SMILES string of the molecule is COc1ccc(S(=O)(=O)N2CCN(C(C)C(=O)Nc3ccccc3Cl)CC2)cc1[N+](=O)[O-]. The number of nitrogens with one attached hydrogen (secondary N) is 1. The van der Waals surface area contributed by atoms with Gasteiger partial charge in [-0.15, -0.1) is 0 Å². The highest BCUT2D eigenvalue weighted by Crippen LogP contribution is 2.31. The van der Waals surface area contributed by atoms with E-state index in [1.807, 2.05) is 4.90 Å². The van der Waals surface area contributed by atoms with Gasteiger partial charge in [0, 0.05) is 32.2 Å². The Bertz CT molecular complexity index is 1120. The Morgan fingerprint density at radius 2 is 1.84 bits per heavy atom. The minimum absolute atomic E-state index is 0.0166. The highest BCUT2D eigenvalue weighted by molar-refractivity contribution is 7.89. The van der Waals surface area contributed by atoms with E-state index < -0.39 is 26.7 Å². The van der Waals surface area contributed by atoms with Crippen LogP contribution < -0.4 is 10.1 Å². The largest absolute Gasteiger partial charge is 0.490 e. The summed E-state index contributed by atoms with van der Waals surface area (Å²) in [4.78, 5) is 24.8. The Morgan fingerprint density at radius 3 is 2.44 bits per heavy atom. The lowest BCUT2D eigenvalue weighted by molar-refractivity contribution is -0.386. The molecule has 0 radical (unpaired) electrons. The molecule has 0 spiro atoms. The van der Waals surface area contributed by atoms with Gasteiger partial charge >= 0.3 is 5.69 Å². The highest BCUT2D eigenvalue weighted by Gasteiger charge is 2.33. The van der Waals surface area contributed by atoms with Crippen LogP contribution in [0.2, 0.25) is 5.02 Å². The molecule has 0 aromatic heterocycles. The molecule has 0 saturated carbocycles. The molecule has 12 heteroatoms. The van der Waals surface area contributed by atoms with Gasteiger partial charge in [-0.1, -0.05) is 23.7 Å². The van der Waals surface area contributed by atoms with E-state index in [1.165, 1.54) is 23.5 Å². The van der Waals surface area contributed by atoms with E-state index >= 15 is 0 Å². The number of para-hydroxylation sites is 1. The number of carbonyl (C=O) groups excluding carboxylic acids is 1. The predicted molar refractivity (Wildman–Crippen MR) is 120 cm³/mol. The molecule has 2 aromatic carbocycles. The Morgan fingerprint density at radius 1 is 1.19 bits per heavy atom. The lowest BCUT2D eigenvalue weighted by Crippen LogP contribution is -2.53. The van der Waals surface area contributed by atoms with Crippen molar-refractivity contribution in [2.75, 3.05) is 38.6 Å². The van der Waals surface area contributed by atoms with E-state index in [9.17, 15) is 23.3 Å². The molecule has 3 rings (SSSR count). The van der Waals surface area contributed by atoms with Gasteiger partial charge in [-0.2, -0.15) is 4.31 Å². The minimum Gasteiger partial charge on any atom is -0.490 e. The van der Waals surface area contributed by atoms with Crippen LogP contribution >= 0.6 is 11.6 Å². The van der Waals surface area contributed by atoms with Crippen LogP contribution in [0.1, 0.15) is 6.92 Å². The van der Waals surface area contributed by atoms with Gasteiger partial charge in [-0.25, -0.2) is 8.42 Å². The molecule has 32 heavy (non-hydrogen) atoms. The number of sulfonamides is 1. The lowest BCUT2D eigenvalue weighted by atomic mass is 10.2. The van der Waals surface area contributed by atoms with Gasteiger partial charge in [0.05, 0.1) is 33.7 Å². The zero-order valence-corrected chi connectivity index (χ0v) is 19.1. The summed E-state index contributed by atoms with van der Waals surface area (Å²) in [5.74, 6) is -0.266. The van der Waals surface area contributed by atoms with Crippen molar-refractivity contribution in [3.8, 4) is 5.75 Å². The van der Waals surface area contributed by atoms with Gasteiger partial charge in [-0.3, -0.25) is 19.8 Å². The summed E-state index contributed by atoms with van der Waals surface area (Å²) in [6.45, 7) is 2.68. The number of nitrogens with zero attached hydrogens (tertiary/aromatic N) is 3. The van der Waals surface area contributed by atoms with Crippen LogP contribution in [0.15, 0.2) is 47.4 Å². The van der Waals surface area contributed by atoms with Crippen molar-refractivity contribution >= 4 is 38.9 Å². The van der Waals surface area contributed by atoms with E-state index in [0.717, 1.165) is 6.07 Å². The van der Waals surface area contributed by atoms with E-state index in [-0.39, 0.29) is 29.6 Å². The first-order valence-corrected chi connectivity index (χ1v) is 11.6. The fourth-order valence-electron chi connectivity index (χ4n) is 3.42. The molecular formula is C20H23ClN4O6S. The summed E-state index contributed by atoms with van der Waals surface area (Å²) in [6.07, 6.45) is 0. The Labute approximate surface area is 190 Å². The molecule has 1 unspecified atom stereocenters. The van der Waals surface area contributed by atoms with Crippen molar-refractivity contribution in [1.82, 2.24) is 9.21 Å². The zero-order chi connectivity index (χ0) is 23.5. The number of benzene rings is 2. The number of anilines is 1. The first kappa shape index (κ1) is 23.9. The topological polar surface area (TPSA) is 122 Å². The van der Waals surface area contributed by atoms with Crippen LogP contribution in [-0.4, -0.2) is 67.8 Å². The molecular weight excluding hydrogens is 460 g/mol. The van der Waals surface area contributed by atoms with E-state index in [1.54, 1.807) is 31.2 Å². The second-order valence-corrected chi connectivity index (χ2v) is 9.52. The summed E-state index contributed by atoms with van der Waals surface area (Å²) in [7, 11) is -2.66. The van der Waals surface area contributed by atoms with Gasteiger partial charge in [0.1, 0.15) is 0 Å². The zero-order valence-electron chi connectivity index (χ0n) is 17.5. The molecule has 1 fully saturated rings. The van der Waals surface area contributed by atoms with Crippen molar-refractivity contribution in [3.05, 3.63) is 57.6 Å². The van der Waals surface area contributed by atoms with Gasteiger partial charge in [0.2, 0.25) is 15.9 Å². The molecule has 1 N–H and O–H groups in total. The fourth-order valence-corrected chi connectivity index (χ4v) is 5.04. The quantitative estimate of drug-likeness (QED) is 0.475. The van der Waals surface area contributed by atoms with Crippen molar-refractivity contribution in [2.24, 2.45) is 0 Å². The Hall–Kier alpha value is -2.73. The standard InChI is InChI=1S/C20H23ClN4O6S/c1-14(20(26)22-17-6-4-3-5-16(17)21)23-9-11-24(12-10-23)32(29,30)15-7-8-19(31-2)18(13-15)25(27)28/h3-8,13-14H,9-12H2,1-2H3,(H,22,26). The smallest absolute Gasteiger partial charge is 0.312 e. The molecule has 1 heterocycles. The lowest BCUT2D eigenvalue weighted by Gasteiger charge is -2.36. The molecule has 1 atom stereocenters. The first-order chi connectivity index (χ1) is 15.1. The molecule has 0 aliphatic carbocycles. The molecule has 1 aliphatic heterocycles. The van der Waals surface area contributed by atoms with E-state index in [0.29, 0.717) is 23.8 Å². The second-order valence-electron chi connectivity index (χ2n) is 7.18.